The molecule has 0 bridgehead atoms. The number of anilines is 2. The Hall–Kier alpha value is -3.10. The van der Waals surface area contributed by atoms with Gasteiger partial charge in [-0.1, -0.05) is 23.7 Å². The first-order chi connectivity index (χ1) is 13.8. The number of carbonyl (C=O) groups is 1. The summed E-state index contributed by atoms with van der Waals surface area (Å²) in [6.45, 7) is 1.81. The fraction of sp³-hybridized carbons (Fsp3) is 0.100. The van der Waals surface area contributed by atoms with Crippen molar-refractivity contribution in [3.05, 3.63) is 77.1 Å². The molecule has 0 aliphatic carbocycles. The Bertz CT molecular complexity index is 1150. The molecule has 3 aromatic rings. The Morgan fingerprint density at radius 2 is 1.86 bits per heavy atom. The number of nitrogens with zero attached hydrogens (tertiary/aromatic N) is 1. The largest absolute Gasteiger partial charge is 0.495 e. The van der Waals surface area contributed by atoms with Crippen molar-refractivity contribution in [1.82, 2.24) is 4.98 Å². The Morgan fingerprint density at radius 1 is 1.10 bits per heavy atom. The Kier molecular flexibility index (Phi) is 6.05. The van der Waals surface area contributed by atoms with Crippen molar-refractivity contribution in [1.29, 1.82) is 0 Å². The van der Waals surface area contributed by atoms with Crippen molar-refractivity contribution >= 4 is 38.9 Å². The predicted molar refractivity (Wildman–Crippen MR) is 112 cm³/mol. The molecule has 1 aromatic heterocycles. The highest BCUT2D eigenvalue weighted by Crippen LogP contribution is 2.31. The van der Waals surface area contributed by atoms with E-state index in [-0.39, 0.29) is 27.0 Å². The van der Waals surface area contributed by atoms with E-state index in [4.69, 9.17) is 16.3 Å². The number of aromatic nitrogens is 1. The number of rotatable bonds is 6. The third-order valence-electron chi connectivity index (χ3n) is 4.00. The summed E-state index contributed by atoms with van der Waals surface area (Å²) in [5.74, 6) is -0.287. The van der Waals surface area contributed by atoms with E-state index in [2.05, 4.69) is 15.0 Å². The molecule has 2 N–H and O–H groups in total. The molecule has 0 fully saturated rings. The van der Waals surface area contributed by atoms with Crippen molar-refractivity contribution in [2.24, 2.45) is 0 Å². The fourth-order valence-corrected chi connectivity index (χ4v) is 4.03. The quantitative estimate of drug-likeness (QED) is 0.612. The number of nitrogens with one attached hydrogen (secondary N) is 2. The van der Waals surface area contributed by atoms with E-state index in [1.54, 1.807) is 42.5 Å². The number of benzene rings is 2. The lowest BCUT2D eigenvalue weighted by Gasteiger charge is -2.14. The third kappa shape index (κ3) is 4.85. The molecule has 7 nitrogen and oxygen atoms in total. The maximum absolute atomic E-state index is 12.9. The smallest absolute Gasteiger partial charge is 0.265 e. The molecule has 3 rings (SSSR count). The molecule has 0 spiro atoms. The van der Waals surface area contributed by atoms with Crippen LogP contribution in [0.1, 0.15) is 16.1 Å². The molecule has 2 aromatic carbocycles. The van der Waals surface area contributed by atoms with Gasteiger partial charge in [0.15, 0.2) is 0 Å². The van der Waals surface area contributed by atoms with Gasteiger partial charge >= 0.3 is 0 Å². The minimum absolute atomic E-state index is 0.125. The van der Waals surface area contributed by atoms with E-state index < -0.39 is 15.9 Å². The van der Waals surface area contributed by atoms with E-state index >= 15 is 0 Å². The first kappa shape index (κ1) is 20.6. The summed E-state index contributed by atoms with van der Waals surface area (Å²) in [4.78, 5) is 16.4. The van der Waals surface area contributed by atoms with Crippen LogP contribution >= 0.6 is 11.6 Å². The number of carbonyl (C=O) groups excluding carboxylic acids is 1. The molecule has 1 amide bonds. The maximum atomic E-state index is 12.9. The minimum Gasteiger partial charge on any atom is -0.495 e. The highest BCUT2D eigenvalue weighted by Gasteiger charge is 2.22. The predicted octanol–water partition coefficient (Wildman–Crippen LogP) is 4.11. The zero-order valence-electron chi connectivity index (χ0n) is 15.6. The van der Waals surface area contributed by atoms with Crippen molar-refractivity contribution in [2.45, 2.75) is 11.8 Å². The van der Waals surface area contributed by atoms with Gasteiger partial charge in [-0.05, 0) is 49.4 Å². The van der Waals surface area contributed by atoms with E-state index in [0.717, 1.165) is 5.69 Å². The standard InChI is InChI=1S/C20H18ClN3O4S/c1-13-7-8-14(12-22-13)20(25)23-15-9-10-18(28-2)19(11-15)29(26,27)24-17-6-4-3-5-16(17)21/h3-12,24H,1-2H3,(H,23,25). The number of amides is 1. The van der Waals surface area contributed by atoms with Crippen molar-refractivity contribution in [2.75, 3.05) is 17.1 Å². The van der Waals surface area contributed by atoms with E-state index in [0.29, 0.717) is 5.56 Å². The summed E-state index contributed by atoms with van der Waals surface area (Å²) in [5.41, 5.74) is 1.65. The number of pyridine rings is 1. The molecule has 0 aliphatic rings. The van der Waals surface area contributed by atoms with Crippen molar-refractivity contribution < 1.29 is 17.9 Å². The summed E-state index contributed by atoms with van der Waals surface area (Å²) in [6.07, 6.45) is 1.45. The summed E-state index contributed by atoms with van der Waals surface area (Å²) >= 11 is 6.05. The Labute approximate surface area is 173 Å². The number of halogens is 1. The number of sulfonamides is 1. The average Bonchev–Trinajstić information content (AvgIpc) is 2.70. The number of hydrogen-bond acceptors (Lipinski definition) is 5. The Balaban J connectivity index is 1.91. The highest BCUT2D eigenvalue weighted by molar-refractivity contribution is 7.92. The van der Waals surface area contributed by atoms with Gasteiger partial charge in [0.1, 0.15) is 10.6 Å². The minimum atomic E-state index is -4.03. The van der Waals surface area contributed by atoms with Gasteiger partial charge in [0, 0.05) is 17.6 Å². The summed E-state index contributed by atoms with van der Waals surface area (Å²) in [6, 6.07) is 14.1. The van der Waals surface area contributed by atoms with Crippen LogP contribution in [0, 0.1) is 6.92 Å². The molecule has 0 saturated heterocycles. The molecule has 0 aliphatic heterocycles. The molecular formula is C20H18ClN3O4S. The van der Waals surface area contributed by atoms with Crippen molar-refractivity contribution in [3.8, 4) is 5.75 Å². The molecule has 0 saturated carbocycles. The first-order valence-corrected chi connectivity index (χ1v) is 10.4. The summed E-state index contributed by atoms with van der Waals surface area (Å²) in [7, 11) is -2.67. The van der Waals surface area contributed by atoms with Crippen LogP contribution in [-0.4, -0.2) is 26.4 Å². The van der Waals surface area contributed by atoms with Gasteiger partial charge in [0.05, 0.1) is 23.4 Å². The van der Waals surface area contributed by atoms with Crippen LogP contribution in [0.2, 0.25) is 5.02 Å². The molecule has 150 valence electrons. The summed E-state index contributed by atoms with van der Waals surface area (Å²) < 4.78 is 33.4. The fourth-order valence-electron chi connectivity index (χ4n) is 2.51. The number of aryl methyl sites for hydroxylation is 1. The lowest BCUT2D eigenvalue weighted by Crippen LogP contribution is -2.16. The van der Waals surface area contributed by atoms with Crippen LogP contribution in [0.5, 0.6) is 5.75 Å². The molecule has 0 radical (unpaired) electrons. The number of methoxy groups -OCH3 is 1. The van der Waals surface area contributed by atoms with Gasteiger partial charge in [-0.25, -0.2) is 8.42 Å². The van der Waals surface area contributed by atoms with E-state index in [9.17, 15) is 13.2 Å². The third-order valence-corrected chi connectivity index (χ3v) is 5.72. The van der Waals surface area contributed by atoms with Crippen LogP contribution in [0.3, 0.4) is 0 Å². The highest BCUT2D eigenvalue weighted by atomic mass is 35.5. The maximum Gasteiger partial charge on any atom is 0.265 e. The molecule has 1 heterocycles. The van der Waals surface area contributed by atoms with E-state index in [1.165, 1.54) is 25.4 Å². The lowest BCUT2D eigenvalue weighted by molar-refractivity contribution is 0.102. The van der Waals surface area contributed by atoms with Gasteiger partial charge in [-0.2, -0.15) is 0 Å². The number of para-hydroxylation sites is 1. The van der Waals surface area contributed by atoms with E-state index in [1.807, 2.05) is 6.92 Å². The van der Waals surface area contributed by atoms with Crippen molar-refractivity contribution in [3.63, 3.8) is 0 Å². The first-order valence-electron chi connectivity index (χ1n) is 8.49. The van der Waals surface area contributed by atoms with Gasteiger partial charge in [0.2, 0.25) is 0 Å². The van der Waals surface area contributed by atoms with Crippen LogP contribution < -0.4 is 14.8 Å². The monoisotopic (exact) mass is 431 g/mol. The second kappa shape index (κ2) is 8.50. The molecule has 9 heteroatoms. The van der Waals surface area contributed by atoms with Crippen LogP contribution in [0.4, 0.5) is 11.4 Å². The van der Waals surface area contributed by atoms with Gasteiger partial charge in [0.25, 0.3) is 15.9 Å². The molecule has 29 heavy (non-hydrogen) atoms. The van der Waals surface area contributed by atoms with Crippen LogP contribution in [0.15, 0.2) is 65.7 Å². The Morgan fingerprint density at radius 3 is 2.52 bits per heavy atom. The normalized spacial score (nSPS) is 11.0. The zero-order chi connectivity index (χ0) is 21.0. The second-order valence-corrected chi connectivity index (χ2v) is 8.15. The van der Waals surface area contributed by atoms with Crippen LogP contribution in [-0.2, 0) is 10.0 Å². The second-order valence-electron chi connectivity index (χ2n) is 6.09. The molecule has 0 atom stereocenters. The van der Waals surface area contributed by atoms with Gasteiger partial charge in [-0.15, -0.1) is 0 Å². The SMILES string of the molecule is COc1ccc(NC(=O)c2ccc(C)nc2)cc1S(=O)(=O)Nc1ccccc1Cl. The average molecular weight is 432 g/mol. The van der Waals surface area contributed by atoms with Gasteiger partial charge in [-0.3, -0.25) is 14.5 Å². The molecular weight excluding hydrogens is 414 g/mol. The topological polar surface area (TPSA) is 97.4 Å². The number of hydrogen-bond donors (Lipinski definition) is 2. The molecule has 0 unspecified atom stereocenters. The lowest BCUT2D eigenvalue weighted by atomic mass is 10.2. The number of ether oxygens (including phenoxy) is 1. The zero-order valence-corrected chi connectivity index (χ0v) is 17.2. The van der Waals surface area contributed by atoms with Gasteiger partial charge < -0.3 is 10.1 Å². The summed E-state index contributed by atoms with van der Waals surface area (Å²) in [5, 5.41) is 2.92. The van der Waals surface area contributed by atoms with Crippen LogP contribution in [0.25, 0.3) is 0 Å².